The van der Waals surface area contributed by atoms with Gasteiger partial charge in [-0.3, -0.25) is 14.3 Å². The lowest BCUT2D eigenvalue weighted by Gasteiger charge is -2.30. The lowest BCUT2D eigenvalue weighted by Crippen LogP contribution is -2.43. The molecule has 10 nitrogen and oxygen atoms in total. The molecule has 12 heteroatoms. The Balaban J connectivity index is 1.37. The summed E-state index contributed by atoms with van der Waals surface area (Å²) in [6, 6.07) is 9.43. The highest BCUT2D eigenvalue weighted by Gasteiger charge is 2.47. The summed E-state index contributed by atoms with van der Waals surface area (Å²) in [5, 5.41) is 20.6. The number of halogens is 2. The minimum absolute atomic E-state index is 0.0831. The van der Waals surface area contributed by atoms with Crippen LogP contribution in [-0.4, -0.2) is 51.9 Å². The van der Waals surface area contributed by atoms with Crippen molar-refractivity contribution in [1.82, 2.24) is 20.1 Å². The van der Waals surface area contributed by atoms with Gasteiger partial charge in [0, 0.05) is 33.3 Å². The van der Waals surface area contributed by atoms with E-state index in [4.69, 9.17) is 31.8 Å². The number of rotatable bonds is 12. The molecule has 1 atom stereocenters. The summed E-state index contributed by atoms with van der Waals surface area (Å²) in [6.45, 7) is 1.78. The number of ether oxygens (including phenoxy) is 2. The van der Waals surface area contributed by atoms with Crippen LogP contribution < -0.4 is 20.5 Å². The monoisotopic (exact) mass is 621 g/mol. The Kier molecular flexibility index (Phi) is 7.93. The maximum atomic E-state index is 15.2. The van der Waals surface area contributed by atoms with Crippen molar-refractivity contribution in [1.29, 1.82) is 0 Å². The van der Waals surface area contributed by atoms with Gasteiger partial charge in [-0.05, 0) is 74.9 Å². The molecule has 2 saturated carbocycles. The Morgan fingerprint density at radius 2 is 1.98 bits per heavy atom. The number of fused-ring (bicyclic) bond motifs is 1. The number of nitrogens with two attached hydrogens (primary N) is 1. The lowest BCUT2D eigenvalue weighted by molar-refractivity contribution is -0.117. The summed E-state index contributed by atoms with van der Waals surface area (Å²) in [5.41, 5.74) is 5.66. The SMILES string of the molecule is CCOc1c(CC(N)=O)cc([C@@](O)(CNC(=O)c2cc(OC)c3nn(C4CC4)cc3c2)C2CC2)nc1-c1ccc(Cl)cc1F. The molecule has 4 aromatic rings. The van der Waals surface area contributed by atoms with Gasteiger partial charge in [-0.2, -0.15) is 5.10 Å². The van der Waals surface area contributed by atoms with E-state index in [1.807, 2.05) is 10.9 Å². The first kappa shape index (κ1) is 29.8. The molecule has 0 radical (unpaired) electrons. The first-order chi connectivity index (χ1) is 21.1. The highest BCUT2D eigenvalue weighted by molar-refractivity contribution is 6.30. The second kappa shape index (κ2) is 11.7. The number of nitrogens with zero attached hydrogens (tertiary/aromatic N) is 3. The summed E-state index contributed by atoms with van der Waals surface area (Å²) in [6.07, 6.45) is 5.20. The first-order valence-electron chi connectivity index (χ1n) is 14.6. The van der Waals surface area contributed by atoms with Crippen molar-refractivity contribution in [2.24, 2.45) is 11.7 Å². The van der Waals surface area contributed by atoms with E-state index in [1.54, 1.807) is 25.1 Å². The zero-order valence-electron chi connectivity index (χ0n) is 24.4. The molecule has 2 aliphatic carbocycles. The van der Waals surface area contributed by atoms with Crippen LogP contribution in [0.3, 0.4) is 0 Å². The Hall–Kier alpha value is -4.22. The van der Waals surface area contributed by atoms with Crippen molar-refractivity contribution in [3.63, 3.8) is 0 Å². The Morgan fingerprint density at radius 1 is 1.20 bits per heavy atom. The van der Waals surface area contributed by atoms with E-state index in [-0.39, 0.29) is 53.2 Å². The number of hydrogen-bond donors (Lipinski definition) is 3. The van der Waals surface area contributed by atoms with Gasteiger partial charge >= 0.3 is 0 Å². The molecule has 44 heavy (non-hydrogen) atoms. The summed E-state index contributed by atoms with van der Waals surface area (Å²) >= 11 is 6.00. The van der Waals surface area contributed by atoms with Crippen LogP contribution in [0.4, 0.5) is 4.39 Å². The number of nitrogens with one attached hydrogen (secondary N) is 1. The van der Waals surface area contributed by atoms with Gasteiger partial charge in [-0.25, -0.2) is 9.37 Å². The number of carbonyl (C=O) groups is 2. The number of aliphatic hydroxyl groups is 1. The van der Waals surface area contributed by atoms with Crippen molar-refractivity contribution in [3.8, 4) is 22.8 Å². The zero-order chi connectivity index (χ0) is 31.2. The predicted octanol–water partition coefficient (Wildman–Crippen LogP) is 4.69. The van der Waals surface area contributed by atoms with E-state index in [0.717, 1.165) is 24.3 Å². The minimum atomic E-state index is -1.63. The van der Waals surface area contributed by atoms with Gasteiger partial charge in [0.15, 0.2) is 0 Å². The maximum absolute atomic E-state index is 15.2. The maximum Gasteiger partial charge on any atom is 0.251 e. The van der Waals surface area contributed by atoms with E-state index < -0.39 is 23.2 Å². The van der Waals surface area contributed by atoms with Crippen LogP contribution in [-0.2, 0) is 16.8 Å². The third kappa shape index (κ3) is 5.81. The number of methoxy groups -OCH3 is 1. The average molecular weight is 622 g/mol. The molecule has 0 saturated heterocycles. The molecule has 2 aromatic heterocycles. The molecule has 0 bridgehead atoms. The molecule has 0 spiro atoms. The van der Waals surface area contributed by atoms with Crippen LogP contribution in [0.1, 0.15) is 60.3 Å². The molecule has 2 fully saturated rings. The minimum Gasteiger partial charge on any atom is -0.494 e. The number of carbonyl (C=O) groups excluding carboxylic acids is 2. The van der Waals surface area contributed by atoms with Gasteiger partial charge in [0.1, 0.15) is 34.1 Å². The van der Waals surface area contributed by atoms with Gasteiger partial charge in [0.05, 0.1) is 38.4 Å². The Bertz CT molecular complexity index is 1770. The molecule has 0 aliphatic heterocycles. The summed E-state index contributed by atoms with van der Waals surface area (Å²) in [4.78, 5) is 30.3. The molecule has 6 rings (SSSR count). The molecular formula is C32H33ClFN5O5. The summed E-state index contributed by atoms with van der Waals surface area (Å²) in [7, 11) is 1.53. The number of benzene rings is 2. The van der Waals surface area contributed by atoms with E-state index >= 15 is 4.39 Å². The van der Waals surface area contributed by atoms with Crippen molar-refractivity contribution < 1.29 is 28.6 Å². The number of aromatic nitrogens is 3. The van der Waals surface area contributed by atoms with Crippen molar-refractivity contribution in [2.75, 3.05) is 20.3 Å². The van der Waals surface area contributed by atoms with Crippen LogP contribution >= 0.6 is 11.6 Å². The van der Waals surface area contributed by atoms with Crippen molar-refractivity contribution in [3.05, 3.63) is 70.3 Å². The van der Waals surface area contributed by atoms with Gasteiger partial charge in [0.2, 0.25) is 5.91 Å². The number of primary amides is 1. The molecular weight excluding hydrogens is 589 g/mol. The number of amides is 2. The van der Waals surface area contributed by atoms with Crippen LogP contribution in [0.5, 0.6) is 11.5 Å². The smallest absolute Gasteiger partial charge is 0.251 e. The van der Waals surface area contributed by atoms with E-state index in [9.17, 15) is 14.7 Å². The Labute approximate surface area is 258 Å². The molecule has 2 heterocycles. The lowest BCUT2D eigenvalue weighted by atomic mass is 9.90. The predicted molar refractivity (Wildman–Crippen MR) is 162 cm³/mol. The quantitative estimate of drug-likeness (QED) is 0.208. The first-order valence-corrected chi connectivity index (χ1v) is 15.0. The van der Waals surface area contributed by atoms with Crippen LogP contribution in [0, 0.1) is 11.7 Å². The topological polar surface area (TPSA) is 142 Å². The van der Waals surface area contributed by atoms with E-state index in [0.29, 0.717) is 41.3 Å². The fourth-order valence-corrected chi connectivity index (χ4v) is 5.71. The number of pyridine rings is 1. The molecule has 230 valence electrons. The van der Waals surface area contributed by atoms with Crippen LogP contribution in [0.25, 0.3) is 22.2 Å². The van der Waals surface area contributed by atoms with Gasteiger partial charge in [0.25, 0.3) is 5.91 Å². The summed E-state index contributed by atoms with van der Waals surface area (Å²) < 4.78 is 28.5. The largest absolute Gasteiger partial charge is 0.494 e. The molecule has 2 aromatic carbocycles. The third-order valence-corrected chi connectivity index (χ3v) is 8.33. The third-order valence-electron chi connectivity index (χ3n) is 8.10. The van der Waals surface area contributed by atoms with Crippen molar-refractivity contribution in [2.45, 2.75) is 50.7 Å². The standard InChI is InChI=1S/C32H33ClFN5O5/c1-3-44-30-17(13-27(35)40)12-26(37-29(30)23-9-6-21(33)14-24(23)34)32(42,20-4-5-20)16-36-31(41)18-10-19-15-39(22-7-8-22)38-28(19)25(11-18)43-2/h6,9-12,14-15,20,22,42H,3-5,7-8,13,16H2,1-2H3,(H2,35,40)(H,36,41)/t32-/m1/s1. The highest BCUT2D eigenvalue weighted by Crippen LogP contribution is 2.47. The normalized spacial score (nSPS) is 16.0. The average Bonchev–Trinajstić information content (AvgIpc) is 3.93. The second-order valence-corrected chi connectivity index (χ2v) is 11.8. The van der Waals surface area contributed by atoms with E-state index in [1.165, 1.54) is 19.2 Å². The molecule has 4 N–H and O–H groups in total. The Morgan fingerprint density at radius 3 is 2.61 bits per heavy atom. The molecule has 2 amide bonds. The molecule has 2 aliphatic rings. The highest BCUT2D eigenvalue weighted by atomic mass is 35.5. The fraction of sp³-hybridized carbons (Fsp3) is 0.375. The van der Waals surface area contributed by atoms with Gasteiger partial charge in [-0.1, -0.05) is 11.6 Å². The van der Waals surface area contributed by atoms with Gasteiger partial charge in [-0.15, -0.1) is 0 Å². The molecule has 0 unspecified atom stereocenters. The van der Waals surface area contributed by atoms with Crippen LogP contribution in [0.15, 0.2) is 42.6 Å². The van der Waals surface area contributed by atoms with Crippen molar-refractivity contribution >= 4 is 34.3 Å². The number of hydrogen-bond acceptors (Lipinski definition) is 7. The second-order valence-electron chi connectivity index (χ2n) is 11.4. The van der Waals surface area contributed by atoms with E-state index in [2.05, 4.69) is 10.4 Å². The van der Waals surface area contributed by atoms with Crippen LogP contribution in [0.2, 0.25) is 5.02 Å². The van der Waals surface area contributed by atoms with Gasteiger partial charge < -0.3 is 25.6 Å². The summed E-state index contributed by atoms with van der Waals surface area (Å²) in [5.74, 6) is -1.27. The fourth-order valence-electron chi connectivity index (χ4n) is 5.55. The zero-order valence-corrected chi connectivity index (χ0v) is 25.2.